The number of carbonyl (C=O) groups is 1. The lowest BCUT2D eigenvalue weighted by atomic mass is 10.1. The highest BCUT2D eigenvalue weighted by Gasteiger charge is 2.62. The molecular formula is C18H17F4N3O5S2. The second-order valence-electron chi connectivity index (χ2n) is 7.18. The number of nitrogens with zero attached hydrogens (tertiary/aromatic N) is 1. The molecule has 174 valence electrons. The van der Waals surface area contributed by atoms with Crippen LogP contribution in [-0.2, 0) is 26.6 Å². The van der Waals surface area contributed by atoms with Crippen molar-refractivity contribution in [2.24, 2.45) is 5.14 Å². The number of halogens is 4. The van der Waals surface area contributed by atoms with E-state index in [1.54, 1.807) is 4.72 Å². The van der Waals surface area contributed by atoms with Gasteiger partial charge in [-0.1, -0.05) is 24.3 Å². The van der Waals surface area contributed by atoms with Gasteiger partial charge in [0.1, 0.15) is 9.79 Å². The van der Waals surface area contributed by atoms with Crippen molar-refractivity contribution >= 4 is 26.0 Å². The molecule has 8 nitrogen and oxygen atoms in total. The number of nitrogens with two attached hydrogens (primary N) is 1. The van der Waals surface area contributed by atoms with Crippen LogP contribution >= 0.6 is 0 Å². The number of hydrogen-bond acceptors (Lipinski definition) is 6. The summed E-state index contributed by atoms with van der Waals surface area (Å²) in [5, 5.41) is 5.01. The Hall–Kier alpha value is -2.55. The third-order valence-corrected chi connectivity index (χ3v) is 7.16. The Balaban J connectivity index is 1.73. The lowest BCUT2D eigenvalue weighted by Crippen LogP contribution is -2.38. The molecule has 14 heteroatoms. The molecule has 2 aromatic carbocycles. The van der Waals surface area contributed by atoms with Crippen LogP contribution in [0, 0.1) is 0 Å². The van der Waals surface area contributed by atoms with Crippen molar-refractivity contribution in [2.45, 2.75) is 28.2 Å². The van der Waals surface area contributed by atoms with Crippen LogP contribution in [0.1, 0.15) is 15.9 Å². The summed E-state index contributed by atoms with van der Waals surface area (Å²) in [5.74, 6) is -9.39. The number of benzene rings is 2. The number of sulfonamides is 2. The van der Waals surface area contributed by atoms with Crippen molar-refractivity contribution in [3.05, 3.63) is 59.7 Å². The molecule has 1 aliphatic heterocycles. The van der Waals surface area contributed by atoms with Gasteiger partial charge in [0.25, 0.3) is 15.9 Å². The predicted molar refractivity (Wildman–Crippen MR) is 104 cm³/mol. The predicted octanol–water partition coefficient (Wildman–Crippen LogP) is 1.54. The van der Waals surface area contributed by atoms with Crippen LogP contribution in [0.4, 0.5) is 17.6 Å². The van der Waals surface area contributed by atoms with Gasteiger partial charge in [0, 0.05) is 12.1 Å². The molecule has 0 saturated carbocycles. The fraction of sp³-hybridized carbons (Fsp3) is 0.278. The molecule has 0 unspecified atom stereocenters. The maximum Gasteiger partial charge on any atom is 0.323 e. The number of primary sulfonamides is 1. The van der Waals surface area contributed by atoms with Gasteiger partial charge in [0.05, 0.1) is 13.1 Å². The Morgan fingerprint density at radius 2 is 1.41 bits per heavy atom. The number of nitrogens with one attached hydrogen (secondary N) is 1. The normalized spacial score (nSPS) is 18.4. The van der Waals surface area contributed by atoms with Crippen molar-refractivity contribution in [1.29, 1.82) is 0 Å². The van der Waals surface area contributed by atoms with Crippen LogP contribution in [0.15, 0.2) is 58.3 Å². The summed E-state index contributed by atoms with van der Waals surface area (Å²) in [6.45, 7) is -2.47. The molecule has 0 radical (unpaired) electrons. The van der Waals surface area contributed by atoms with E-state index in [2.05, 4.69) is 0 Å². The monoisotopic (exact) mass is 495 g/mol. The van der Waals surface area contributed by atoms with E-state index in [4.69, 9.17) is 5.14 Å². The first kappa shape index (κ1) is 24.1. The molecule has 1 saturated heterocycles. The molecule has 0 aliphatic carbocycles. The zero-order valence-corrected chi connectivity index (χ0v) is 17.8. The van der Waals surface area contributed by atoms with Crippen LogP contribution in [0.2, 0.25) is 0 Å². The van der Waals surface area contributed by atoms with E-state index in [1.807, 2.05) is 0 Å². The summed E-state index contributed by atoms with van der Waals surface area (Å²) in [6, 6.07) is 9.38. The first-order chi connectivity index (χ1) is 14.6. The molecule has 1 amide bonds. The minimum absolute atomic E-state index is 0.150. The van der Waals surface area contributed by atoms with Crippen LogP contribution in [-0.4, -0.2) is 52.6 Å². The van der Waals surface area contributed by atoms with Crippen LogP contribution < -0.4 is 9.86 Å². The van der Waals surface area contributed by atoms with E-state index in [0.717, 1.165) is 17.0 Å². The van der Waals surface area contributed by atoms with Gasteiger partial charge in [-0.25, -0.2) is 26.7 Å². The number of amides is 1. The van der Waals surface area contributed by atoms with Crippen molar-refractivity contribution in [1.82, 2.24) is 9.62 Å². The number of likely N-dealkylation sites (tertiary alicyclic amines) is 1. The van der Waals surface area contributed by atoms with E-state index in [1.165, 1.54) is 36.4 Å². The lowest BCUT2D eigenvalue weighted by molar-refractivity contribution is -0.172. The molecule has 1 aliphatic rings. The molecule has 3 N–H and O–H groups in total. The number of hydrogen-bond donors (Lipinski definition) is 2. The largest absolute Gasteiger partial charge is 0.323 e. The third-order valence-electron chi connectivity index (χ3n) is 4.67. The Morgan fingerprint density at radius 3 is 1.91 bits per heavy atom. The maximum atomic E-state index is 13.3. The van der Waals surface area contributed by atoms with Gasteiger partial charge >= 0.3 is 11.8 Å². The Labute approximate surface area is 181 Å². The van der Waals surface area contributed by atoms with Crippen molar-refractivity contribution in [3.63, 3.8) is 0 Å². The highest BCUT2D eigenvalue weighted by molar-refractivity contribution is 7.92. The molecule has 1 fully saturated rings. The Morgan fingerprint density at radius 1 is 0.906 bits per heavy atom. The van der Waals surface area contributed by atoms with E-state index < -0.39 is 60.7 Å². The van der Waals surface area contributed by atoms with E-state index in [9.17, 15) is 39.2 Å². The molecule has 2 aromatic rings. The average molecular weight is 495 g/mol. The van der Waals surface area contributed by atoms with E-state index in [-0.39, 0.29) is 12.1 Å². The van der Waals surface area contributed by atoms with Gasteiger partial charge < -0.3 is 0 Å². The van der Waals surface area contributed by atoms with Crippen molar-refractivity contribution in [2.75, 3.05) is 13.1 Å². The summed E-state index contributed by atoms with van der Waals surface area (Å²) in [7, 11) is -9.00. The van der Waals surface area contributed by atoms with E-state index in [0.29, 0.717) is 5.56 Å². The van der Waals surface area contributed by atoms with Gasteiger partial charge in [-0.15, -0.1) is 0 Å². The number of rotatable bonds is 6. The summed E-state index contributed by atoms with van der Waals surface area (Å²) in [4.78, 5) is 11.8. The number of alkyl halides is 4. The fourth-order valence-electron chi connectivity index (χ4n) is 3.12. The van der Waals surface area contributed by atoms with Crippen LogP contribution in [0.3, 0.4) is 0 Å². The second kappa shape index (κ2) is 8.10. The van der Waals surface area contributed by atoms with E-state index >= 15 is 0 Å². The van der Waals surface area contributed by atoms with Gasteiger partial charge in [-0.2, -0.15) is 17.6 Å². The highest BCUT2D eigenvalue weighted by Crippen LogP contribution is 2.41. The number of carbonyl (C=O) groups excluding carboxylic acids is 1. The smallest absolute Gasteiger partial charge is 0.287 e. The lowest BCUT2D eigenvalue weighted by Gasteiger charge is -2.15. The van der Waals surface area contributed by atoms with Gasteiger partial charge in [0.2, 0.25) is 10.0 Å². The molecule has 0 bridgehead atoms. The van der Waals surface area contributed by atoms with Gasteiger partial charge in [0.15, 0.2) is 0 Å². The minimum atomic E-state index is -4.61. The molecular weight excluding hydrogens is 478 g/mol. The van der Waals surface area contributed by atoms with Gasteiger partial charge in [-0.05, 0) is 29.8 Å². The Bertz CT molecular complexity index is 1230. The summed E-state index contributed by atoms with van der Waals surface area (Å²) >= 11 is 0. The molecule has 32 heavy (non-hydrogen) atoms. The summed E-state index contributed by atoms with van der Waals surface area (Å²) in [5.41, 5.74) is 0.194. The van der Waals surface area contributed by atoms with Crippen molar-refractivity contribution < 1.29 is 39.2 Å². The average Bonchev–Trinajstić information content (AvgIpc) is 2.87. The highest BCUT2D eigenvalue weighted by atomic mass is 32.2. The molecule has 0 aromatic heterocycles. The van der Waals surface area contributed by atoms with Crippen LogP contribution in [0.25, 0.3) is 0 Å². The van der Waals surface area contributed by atoms with Gasteiger partial charge in [-0.3, -0.25) is 9.69 Å². The Kier molecular flexibility index (Phi) is 6.10. The summed E-state index contributed by atoms with van der Waals surface area (Å²) < 4.78 is 103. The molecule has 1 heterocycles. The third kappa shape index (κ3) is 4.92. The topological polar surface area (TPSA) is 127 Å². The van der Waals surface area contributed by atoms with Crippen molar-refractivity contribution in [3.8, 4) is 0 Å². The SMILES string of the molecule is NS(=O)(=O)c1ccccc1S(=O)(=O)NC(=O)c1ccc(CN2CC(F)(F)C(F)(F)C2)cc1. The zero-order valence-electron chi connectivity index (χ0n) is 16.1. The van der Waals surface area contributed by atoms with Crippen LogP contribution in [0.5, 0.6) is 0 Å². The zero-order chi connectivity index (χ0) is 23.9. The fourth-order valence-corrected chi connectivity index (χ4v) is 5.48. The minimum Gasteiger partial charge on any atom is -0.287 e. The molecule has 0 spiro atoms. The quantitative estimate of drug-likeness (QED) is 0.586. The first-order valence-electron chi connectivity index (χ1n) is 8.88. The maximum absolute atomic E-state index is 13.3. The first-order valence-corrected chi connectivity index (χ1v) is 11.9. The second-order valence-corrected chi connectivity index (χ2v) is 10.4. The summed E-state index contributed by atoms with van der Waals surface area (Å²) in [6.07, 6.45) is 0. The molecule has 3 rings (SSSR count). The standard InChI is InChI=1S/C18H17F4N3O5S2/c19-17(20)10-25(11-18(17,21)22)9-12-5-7-13(8-6-12)16(26)24-32(29,30)15-4-2-1-3-14(15)31(23,27)28/h1-8H,9-11H2,(H,24,26)(H2,23,27,28). The molecule has 0 atom stereocenters.